The number of hydrogen-bond donors (Lipinski definition) is 1. The fourth-order valence-corrected chi connectivity index (χ4v) is 3.87. The highest BCUT2D eigenvalue weighted by Crippen LogP contribution is 2.33. The Morgan fingerprint density at radius 1 is 1.27 bits per heavy atom. The standard InChI is InChI=1S/C21H21ClF4N2O2/c1-13-12-28(9-10-30-13)18(19-16(22)7-4-8-17(19)23)11-27-20(29)14-5-2-3-6-15(14)21(24,25)26/h2-8,13,18H,9-12H2,1H3,(H,27,29). The second kappa shape index (κ2) is 9.32. The zero-order chi connectivity index (χ0) is 21.9. The number of carbonyl (C=O) groups is 1. The first-order valence-electron chi connectivity index (χ1n) is 9.42. The van der Waals surface area contributed by atoms with Crippen LogP contribution in [0.15, 0.2) is 42.5 Å². The zero-order valence-corrected chi connectivity index (χ0v) is 16.9. The van der Waals surface area contributed by atoms with Gasteiger partial charge in [-0.25, -0.2) is 4.39 Å². The molecule has 1 heterocycles. The van der Waals surface area contributed by atoms with Gasteiger partial charge in [0.2, 0.25) is 0 Å². The first-order chi connectivity index (χ1) is 14.2. The lowest BCUT2D eigenvalue weighted by molar-refractivity contribution is -0.137. The summed E-state index contributed by atoms with van der Waals surface area (Å²) in [5, 5.41) is 2.71. The highest BCUT2D eigenvalue weighted by molar-refractivity contribution is 6.31. The zero-order valence-electron chi connectivity index (χ0n) is 16.2. The molecule has 2 aromatic rings. The molecule has 2 atom stereocenters. The maximum absolute atomic E-state index is 14.6. The van der Waals surface area contributed by atoms with Crippen LogP contribution in [0.5, 0.6) is 0 Å². The highest BCUT2D eigenvalue weighted by atomic mass is 35.5. The number of rotatable bonds is 5. The van der Waals surface area contributed by atoms with Gasteiger partial charge in [-0.3, -0.25) is 9.69 Å². The van der Waals surface area contributed by atoms with E-state index in [2.05, 4.69) is 5.32 Å². The number of ether oxygens (including phenoxy) is 1. The van der Waals surface area contributed by atoms with Gasteiger partial charge in [0.1, 0.15) is 5.82 Å². The summed E-state index contributed by atoms with van der Waals surface area (Å²) in [5.74, 6) is -1.43. The highest BCUT2D eigenvalue weighted by Gasteiger charge is 2.35. The molecule has 1 amide bonds. The predicted molar refractivity (Wildman–Crippen MR) is 105 cm³/mol. The summed E-state index contributed by atoms with van der Waals surface area (Å²) in [5.41, 5.74) is -1.32. The maximum atomic E-state index is 14.6. The van der Waals surface area contributed by atoms with Gasteiger partial charge in [-0.1, -0.05) is 29.8 Å². The summed E-state index contributed by atoms with van der Waals surface area (Å²) in [4.78, 5) is 14.5. The number of alkyl halides is 3. The number of hydrogen-bond acceptors (Lipinski definition) is 3. The van der Waals surface area contributed by atoms with Crippen LogP contribution in [-0.4, -0.2) is 43.2 Å². The maximum Gasteiger partial charge on any atom is 0.417 e. The Hall–Kier alpha value is -2.16. The van der Waals surface area contributed by atoms with Crippen LogP contribution in [0.2, 0.25) is 5.02 Å². The average molecular weight is 445 g/mol. The van der Waals surface area contributed by atoms with Crippen LogP contribution in [0.25, 0.3) is 0 Å². The van der Waals surface area contributed by atoms with E-state index >= 15 is 0 Å². The Bertz CT molecular complexity index is 887. The van der Waals surface area contributed by atoms with Crippen LogP contribution in [0.1, 0.15) is 34.5 Å². The number of nitrogens with one attached hydrogen (secondary N) is 1. The minimum atomic E-state index is -4.66. The Labute approximate surface area is 176 Å². The van der Waals surface area contributed by atoms with E-state index in [9.17, 15) is 22.4 Å². The van der Waals surface area contributed by atoms with Crippen molar-refractivity contribution < 1.29 is 27.1 Å². The third-order valence-corrected chi connectivity index (χ3v) is 5.31. The van der Waals surface area contributed by atoms with E-state index in [1.165, 1.54) is 30.3 Å². The fraction of sp³-hybridized carbons (Fsp3) is 0.381. The molecule has 3 rings (SSSR count). The van der Waals surface area contributed by atoms with Crippen LogP contribution in [0.3, 0.4) is 0 Å². The molecule has 1 aliphatic heterocycles. The Morgan fingerprint density at radius 2 is 2.00 bits per heavy atom. The third kappa shape index (κ3) is 5.11. The van der Waals surface area contributed by atoms with Gasteiger partial charge in [0.15, 0.2) is 0 Å². The van der Waals surface area contributed by atoms with Crippen molar-refractivity contribution in [2.75, 3.05) is 26.2 Å². The first-order valence-corrected chi connectivity index (χ1v) is 9.80. The van der Waals surface area contributed by atoms with Crippen molar-refractivity contribution in [3.63, 3.8) is 0 Å². The number of carbonyl (C=O) groups excluding carboxylic acids is 1. The molecule has 0 spiro atoms. The van der Waals surface area contributed by atoms with E-state index in [0.29, 0.717) is 19.7 Å². The van der Waals surface area contributed by atoms with Crippen molar-refractivity contribution in [1.29, 1.82) is 0 Å². The van der Waals surface area contributed by atoms with Crippen molar-refractivity contribution in [2.45, 2.75) is 25.2 Å². The number of morpholine rings is 1. The van der Waals surface area contributed by atoms with Crippen molar-refractivity contribution in [1.82, 2.24) is 10.2 Å². The monoisotopic (exact) mass is 444 g/mol. The van der Waals surface area contributed by atoms with E-state index in [1.807, 2.05) is 11.8 Å². The largest absolute Gasteiger partial charge is 0.417 e. The molecule has 162 valence electrons. The molecule has 1 aliphatic rings. The van der Waals surface area contributed by atoms with E-state index in [4.69, 9.17) is 16.3 Å². The lowest BCUT2D eigenvalue weighted by atomic mass is 10.0. The van der Waals surface area contributed by atoms with Gasteiger partial charge in [0, 0.05) is 30.2 Å². The molecule has 30 heavy (non-hydrogen) atoms. The minimum absolute atomic E-state index is 0.113. The van der Waals surface area contributed by atoms with Crippen LogP contribution in [0.4, 0.5) is 17.6 Å². The van der Waals surface area contributed by atoms with Crippen molar-refractivity contribution in [2.24, 2.45) is 0 Å². The van der Waals surface area contributed by atoms with Gasteiger partial charge in [0.25, 0.3) is 5.91 Å². The Morgan fingerprint density at radius 3 is 2.67 bits per heavy atom. The third-order valence-electron chi connectivity index (χ3n) is 4.98. The summed E-state index contributed by atoms with van der Waals surface area (Å²) in [6.07, 6.45) is -4.78. The molecule has 9 heteroatoms. The Kier molecular flexibility index (Phi) is 7.00. The summed E-state index contributed by atoms with van der Waals surface area (Å²) < 4.78 is 59.9. The molecule has 0 saturated carbocycles. The molecule has 2 unspecified atom stereocenters. The summed E-state index contributed by atoms with van der Waals surface area (Å²) in [6.45, 7) is 3.09. The fourth-order valence-electron chi connectivity index (χ4n) is 3.58. The molecule has 4 nitrogen and oxygen atoms in total. The summed E-state index contributed by atoms with van der Waals surface area (Å²) >= 11 is 6.24. The molecule has 1 saturated heterocycles. The van der Waals surface area contributed by atoms with E-state index in [-0.39, 0.29) is 23.2 Å². The first kappa shape index (κ1) is 22.5. The van der Waals surface area contributed by atoms with Gasteiger partial charge in [-0.15, -0.1) is 0 Å². The van der Waals surface area contributed by atoms with E-state index in [0.717, 1.165) is 12.1 Å². The van der Waals surface area contributed by atoms with Crippen molar-refractivity contribution in [3.8, 4) is 0 Å². The average Bonchev–Trinajstić information content (AvgIpc) is 2.69. The summed E-state index contributed by atoms with van der Waals surface area (Å²) in [6, 6.07) is 8.15. The second-order valence-electron chi connectivity index (χ2n) is 7.08. The SMILES string of the molecule is CC1CN(C(CNC(=O)c2ccccc2C(F)(F)F)c2c(F)cccc2Cl)CCO1. The lowest BCUT2D eigenvalue weighted by Crippen LogP contribution is -2.47. The molecule has 1 N–H and O–H groups in total. The number of amides is 1. The van der Waals surface area contributed by atoms with Crippen LogP contribution < -0.4 is 5.32 Å². The second-order valence-corrected chi connectivity index (χ2v) is 7.49. The predicted octanol–water partition coefficient (Wildman–Crippen LogP) is 4.69. The topological polar surface area (TPSA) is 41.6 Å². The van der Waals surface area contributed by atoms with Crippen molar-refractivity contribution in [3.05, 3.63) is 70.0 Å². The molecule has 0 bridgehead atoms. The molecule has 0 aliphatic carbocycles. The van der Waals surface area contributed by atoms with E-state index < -0.39 is 35.1 Å². The molecule has 0 radical (unpaired) electrons. The molecular formula is C21H21ClF4N2O2. The smallest absolute Gasteiger partial charge is 0.376 e. The number of halogens is 5. The van der Waals surface area contributed by atoms with E-state index in [1.54, 1.807) is 0 Å². The van der Waals surface area contributed by atoms with Gasteiger partial charge in [0.05, 0.1) is 29.9 Å². The lowest BCUT2D eigenvalue weighted by Gasteiger charge is -2.38. The summed E-state index contributed by atoms with van der Waals surface area (Å²) in [7, 11) is 0. The molecule has 1 fully saturated rings. The molecule has 2 aromatic carbocycles. The Balaban J connectivity index is 1.87. The van der Waals surface area contributed by atoms with Crippen LogP contribution >= 0.6 is 11.6 Å². The number of benzene rings is 2. The van der Waals surface area contributed by atoms with Crippen molar-refractivity contribution >= 4 is 17.5 Å². The van der Waals surface area contributed by atoms with Crippen LogP contribution in [0, 0.1) is 5.82 Å². The van der Waals surface area contributed by atoms with Gasteiger partial charge < -0.3 is 10.1 Å². The van der Waals surface area contributed by atoms with Gasteiger partial charge >= 0.3 is 6.18 Å². The van der Waals surface area contributed by atoms with Gasteiger partial charge in [-0.2, -0.15) is 13.2 Å². The number of nitrogens with zero attached hydrogens (tertiary/aromatic N) is 1. The molecule has 0 aromatic heterocycles. The van der Waals surface area contributed by atoms with Gasteiger partial charge in [-0.05, 0) is 31.2 Å². The quantitative estimate of drug-likeness (QED) is 0.680. The normalized spacial score (nSPS) is 18.8. The minimum Gasteiger partial charge on any atom is -0.376 e. The van der Waals surface area contributed by atoms with Crippen LogP contribution in [-0.2, 0) is 10.9 Å². The molecular weight excluding hydrogens is 424 g/mol.